The number of aromatic nitrogens is 1. The van der Waals surface area contributed by atoms with Gasteiger partial charge < -0.3 is 14.8 Å². The van der Waals surface area contributed by atoms with Gasteiger partial charge in [0.25, 0.3) is 0 Å². The van der Waals surface area contributed by atoms with E-state index in [0.29, 0.717) is 13.3 Å². The van der Waals surface area contributed by atoms with Crippen LogP contribution in [0.25, 0.3) is 0 Å². The normalized spacial score (nSPS) is 12.5. The SMILES string of the molecule is Cc1cnc(NCc2cccc3c2OCO3)c(Br)c1. The Morgan fingerprint density at radius 1 is 1.37 bits per heavy atom. The molecule has 1 aliphatic rings. The average Bonchev–Trinajstić information content (AvgIpc) is 2.86. The van der Waals surface area contributed by atoms with Gasteiger partial charge in [-0.3, -0.25) is 0 Å². The molecule has 3 rings (SSSR count). The van der Waals surface area contributed by atoms with E-state index >= 15 is 0 Å². The molecule has 0 fully saturated rings. The van der Waals surface area contributed by atoms with E-state index in [2.05, 4.69) is 26.2 Å². The summed E-state index contributed by atoms with van der Waals surface area (Å²) in [4.78, 5) is 4.36. The van der Waals surface area contributed by atoms with Crippen molar-refractivity contribution in [3.8, 4) is 11.5 Å². The summed E-state index contributed by atoms with van der Waals surface area (Å²) in [6.07, 6.45) is 1.84. The van der Waals surface area contributed by atoms with Crippen LogP contribution in [0.1, 0.15) is 11.1 Å². The lowest BCUT2D eigenvalue weighted by atomic mass is 10.2. The van der Waals surface area contributed by atoms with Crippen LogP contribution in [0.15, 0.2) is 34.9 Å². The Morgan fingerprint density at radius 2 is 2.26 bits per heavy atom. The summed E-state index contributed by atoms with van der Waals surface area (Å²) >= 11 is 3.50. The van der Waals surface area contributed by atoms with Gasteiger partial charge in [-0.1, -0.05) is 12.1 Å². The number of fused-ring (bicyclic) bond motifs is 1. The third kappa shape index (κ3) is 2.51. The molecule has 98 valence electrons. The topological polar surface area (TPSA) is 43.4 Å². The molecule has 0 spiro atoms. The average molecular weight is 321 g/mol. The van der Waals surface area contributed by atoms with Crippen molar-refractivity contribution in [2.24, 2.45) is 0 Å². The van der Waals surface area contributed by atoms with Crippen molar-refractivity contribution in [3.05, 3.63) is 46.1 Å². The second kappa shape index (κ2) is 5.09. The van der Waals surface area contributed by atoms with Gasteiger partial charge in [0.1, 0.15) is 5.82 Å². The number of hydrogen-bond acceptors (Lipinski definition) is 4. The zero-order chi connectivity index (χ0) is 13.2. The number of pyridine rings is 1. The molecule has 0 atom stereocenters. The number of anilines is 1. The van der Waals surface area contributed by atoms with Crippen LogP contribution in [-0.2, 0) is 6.54 Å². The monoisotopic (exact) mass is 320 g/mol. The van der Waals surface area contributed by atoms with Gasteiger partial charge in [0.2, 0.25) is 6.79 Å². The van der Waals surface area contributed by atoms with Crippen molar-refractivity contribution < 1.29 is 9.47 Å². The Labute approximate surface area is 119 Å². The lowest BCUT2D eigenvalue weighted by molar-refractivity contribution is 0.173. The number of halogens is 1. The minimum atomic E-state index is 0.290. The van der Waals surface area contributed by atoms with Gasteiger partial charge in [-0.15, -0.1) is 0 Å². The third-order valence-corrected chi connectivity index (χ3v) is 3.51. The van der Waals surface area contributed by atoms with Gasteiger partial charge in [-0.25, -0.2) is 4.98 Å². The predicted octanol–water partition coefficient (Wildman–Crippen LogP) is 3.49. The highest BCUT2D eigenvalue weighted by molar-refractivity contribution is 9.10. The second-order valence-electron chi connectivity index (χ2n) is 4.35. The van der Waals surface area contributed by atoms with Crippen LogP contribution >= 0.6 is 15.9 Å². The standard InChI is InChI=1S/C14H13BrN2O2/c1-9-5-11(15)14(16-6-9)17-7-10-3-2-4-12-13(10)19-8-18-12/h2-6H,7-8H2,1H3,(H,16,17). The molecule has 4 nitrogen and oxygen atoms in total. The highest BCUT2D eigenvalue weighted by Gasteiger charge is 2.17. The summed E-state index contributed by atoms with van der Waals surface area (Å²) in [7, 11) is 0. The molecule has 0 saturated heterocycles. The van der Waals surface area contributed by atoms with Gasteiger partial charge in [-0.2, -0.15) is 0 Å². The molecule has 2 aromatic rings. The molecule has 1 aliphatic heterocycles. The Kier molecular flexibility index (Phi) is 3.29. The number of nitrogens with one attached hydrogen (secondary N) is 1. The fourth-order valence-electron chi connectivity index (χ4n) is 1.97. The zero-order valence-corrected chi connectivity index (χ0v) is 12.0. The van der Waals surface area contributed by atoms with Crippen LogP contribution in [0.2, 0.25) is 0 Å². The van der Waals surface area contributed by atoms with Crippen LogP contribution < -0.4 is 14.8 Å². The first-order valence-electron chi connectivity index (χ1n) is 5.97. The quantitative estimate of drug-likeness (QED) is 0.940. The predicted molar refractivity (Wildman–Crippen MR) is 76.6 cm³/mol. The molecule has 0 saturated carbocycles. The van der Waals surface area contributed by atoms with Gasteiger partial charge in [0, 0.05) is 18.3 Å². The Hall–Kier alpha value is -1.75. The van der Waals surface area contributed by atoms with Crippen molar-refractivity contribution in [2.45, 2.75) is 13.5 Å². The van der Waals surface area contributed by atoms with E-state index in [-0.39, 0.29) is 0 Å². The van der Waals surface area contributed by atoms with E-state index in [0.717, 1.165) is 32.9 Å². The molecular formula is C14H13BrN2O2. The molecule has 19 heavy (non-hydrogen) atoms. The number of rotatable bonds is 3. The molecule has 0 radical (unpaired) electrons. The van der Waals surface area contributed by atoms with Gasteiger partial charge in [0.15, 0.2) is 11.5 Å². The molecular weight excluding hydrogens is 308 g/mol. The number of benzene rings is 1. The van der Waals surface area contributed by atoms with E-state index in [4.69, 9.17) is 9.47 Å². The van der Waals surface area contributed by atoms with Gasteiger partial charge >= 0.3 is 0 Å². The van der Waals surface area contributed by atoms with Crippen LogP contribution in [0.4, 0.5) is 5.82 Å². The molecule has 5 heteroatoms. The van der Waals surface area contributed by atoms with Crippen LogP contribution in [-0.4, -0.2) is 11.8 Å². The molecule has 1 N–H and O–H groups in total. The summed E-state index contributed by atoms with van der Waals surface area (Å²) in [6, 6.07) is 7.92. The van der Waals surface area contributed by atoms with Crippen LogP contribution in [0.5, 0.6) is 11.5 Å². The van der Waals surface area contributed by atoms with Crippen LogP contribution in [0, 0.1) is 6.92 Å². The Morgan fingerprint density at radius 3 is 3.11 bits per heavy atom. The van der Waals surface area contributed by atoms with Crippen molar-refractivity contribution in [3.63, 3.8) is 0 Å². The number of hydrogen-bond donors (Lipinski definition) is 1. The minimum Gasteiger partial charge on any atom is -0.454 e. The highest BCUT2D eigenvalue weighted by Crippen LogP contribution is 2.35. The van der Waals surface area contributed by atoms with Crippen molar-refractivity contribution in [1.82, 2.24) is 4.98 Å². The first-order valence-corrected chi connectivity index (χ1v) is 6.77. The number of ether oxygens (including phenoxy) is 2. The van der Waals surface area contributed by atoms with Crippen molar-refractivity contribution in [1.29, 1.82) is 0 Å². The highest BCUT2D eigenvalue weighted by atomic mass is 79.9. The fraction of sp³-hybridized carbons (Fsp3) is 0.214. The zero-order valence-electron chi connectivity index (χ0n) is 10.4. The molecule has 1 aromatic heterocycles. The maximum atomic E-state index is 5.47. The maximum absolute atomic E-state index is 5.47. The molecule has 2 heterocycles. The van der Waals surface area contributed by atoms with Crippen molar-refractivity contribution in [2.75, 3.05) is 12.1 Å². The molecule has 0 bridgehead atoms. The summed E-state index contributed by atoms with van der Waals surface area (Å²) in [5.74, 6) is 2.44. The first kappa shape index (κ1) is 12.3. The van der Waals surface area contributed by atoms with Crippen molar-refractivity contribution >= 4 is 21.7 Å². The van der Waals surface area contributed by atoms with Gasteiger partial charge in [0.05, 0.1) is 4.47 Å². The smallest absolute Gasteiger partial charge is 0.231 e. The first-order chi connectivity index (χ1) is 9.24. The number of aryl methyl sites for hydroxylation is 1. The van der Waals surface area contributed by atoms with E-state index < -0.39 is 0 Å². The maximum Gasteiger partial charge on any atom is 0.231 e. The largest absolute Gasteiger partial charge is 0.454 e. The summed E-state index contributed by atoms with van der Waals surface area (Å²) in [5, 5.41) is 3.29. The van der Waals surface area contributed by atoms with E-state index in [1.54, 1.807) is 0 Å². The minimum absolute atomic E-state index is 0.290. The van der Waals surface area contributed by atoms with E-state index in [1.807, 2.05) is 37.4 Å². The third-order valence-electron chi connectivity index (χ3n) is 2.90. The lowest BCUT2D eigenvalue weighted by Crippen LogP contribution is -2.03. The molecule has 1 aromatic carbocycles. The fourth-order valence-corrected chi connectivity index (χ4v) is 2.58. The number of para-hydroxylation sites is 1. The molecule has 0 amide bonds. The van der Waals surface area contributed by atoms with E-state index in [1.165, 1.54) is 0 Å². The summed E-state index contributed by atoms with van der Waals surface area (Å²) in [6.45, 7) is 2.94. The molecule has 0 unspecified atom stereocenters. The summed E-state index contributed by atoms with van der Waals surface area (Å²) in [5.41, 5.74) is 2.18. The Balaban J connectivity index is 1.78. The Bertz CT molecular complexity index is 616. The lowest BCUT2D eigenvalue weighted by Gasteiger charge is -2.10. The van der Waals surface area contributed by atoms with Gasteiger partial charge in [-0.05, 0) is 40.5 Å². The van der Waals surface area contributed by atoms with E-state index in [9.17, 15) is 0 Å². The van der Waals surface area contributed by atoms with Crippen LogP contribution in [0.3, 0.4) is 0 Å². The molecule has 0 aliphatic carbocycles. The number of nitrogens with zero attached hydrogens (tertiary/aromatic N) is 1. The summed E-state index contributed by atoms with van der Waals surface area (Å²) < 4.78 is 11.8. The second-order valence-corrected chi connectivity index (χ2v) is 5.20.